The van der Waals surface area contributed by atoms with E-state index < -0.39 is 0 Å². The quantitative estimate of drug-likeness (QED) is 0.641. The molecule has 0 fully saturated rings. The number of halogens is 2. The van der Waals surface area contributed by atoms with Crippen LogP contribution in [0.3, 0.4) is 0 Å². The van der Waals surface area contributed by atoms with Gasteiger partial charge in [-0.05, 0) is 17.2 Å². The van der Waals surface area contributed by atoms with Gasteiger partial charge in [-0.1, -0.05) is 53.5 Å². The second-order valence-corrected chi connectivity index (χ2v) is 6.00. The van der Waals surface area contributed by atoms with Crippen LogP contribution in [0.2, 0.25) is 10.2 Å². The molecule has 24 heavy (non-hydrogen) atoms. The number of aromatic nitrogens is 2. The highest BCUT2D eigenvalue weighted by molar-refractivity contribution is 6.33. The second kappa shape index (κ2) is 7.51. The minimum Gasteiger partial charge on any atom is -0.487 e. The molecule has 0 aliphatic carbocycles. The molecule has 2 aromatic heterocycles. The van der Waals surface area contributed by atoms with Crippen molar-refractivity contribution < 1.29 is 4.74 Å². The van der Waals surface area contributed by atoms with E-state index in [9.17, 15) is 4.79 Å². The zero-order chi connectivity index (χ0) is 16.9. The number of pyridine rings is 2. The number of hydrogen-bond donors (Lipinski definition) is 0. The molecule has 0 saturated carbocycles. The van der Waals surface area contributed by atoms with Crippen LogP contribution in [0.15, 0.2) is 65.7 Å². The molecule has 0 atom stereocenters. The van der Waals surface area contributed by atoms with Gasteiger partial charge in [-0.15, -0.1) is 0 Å². The lowest BCUT2D eigenvalue weighted by molar-refractivity contribution is 0.306. The Morgan fingerprint density at radius 1 is 1.04 bits per heavy atom. The molecule has 4 nitrogen and oxygen atoms in total. The monoisotopic (exact) mass is 360 g/mol. The van der Waals surface area contributed by atoms with Gasteiger partial charge in [-0.3, -0.25) is 4.79 Å². The molecule has 0 amide bonds. The molecule has 122 valence electrons. The summed E-state index contributed by atoms with van der Waals surface area (Å²) >= 11 is 11.8. The summed E-state index contributed by atoms with van der Waals surface area (Å²) in [5.41, 5.74) is 2.01. The van der Waals surface area contributed by atoms with E-state index in [1.54, 1.807) is 29.0 Å². The minimum absolute atomic E-state index is 0.0193. The number of benzene rings is 1. The van der Waals surface area contributed by atoms with Gasteiger partial charge in [0.1, 0.15) is 22.5 Å². The molecule has 0 bridgehead atoms. The molecule has 0 unspecified atom stereocenters. The largest absolute Gasteiger partial charge is 0.487 e. The van der Waals surface area contributed by atoms with Crippen LogP contribution in [0.25, 0.3) is 0 Å². The van der Waals surface area contributed by atoms with Gasteiger partial charge in [0.25, 0.3) is 5.56 Å². The molecule has 1 aromatic carbocycles. The Hall–Kier alpha value is -2.30. The highest BCUT2D eigenvalue weighted by atomic mass is 35.5. The fourth-order valence-corrected chi connectivity index (χ4v) is 2.50. The lowest BCUT2D eigenvalue weighted by atomic mass is 10.1. The van der Waals surface area contributed by atoms with Gasteiger partial charge in [-0.2, -0.15) is 0 Å². The zero-order valence-electron chi connectivity index (χ0n) is 12.7. The predicted octanol–water partition coefficient (Wildman–Crippen LogP) is 4.18. The average Bonchev–Trinajstić information content (AvgIpc) is 2.59. The first-order chi connectivity index (χ1) is 11.6. The van der Waals surface area contributed by atoms with Crippen molar-refractivity contribution >= 4 is 23.2 Å². The van der Waals surface area contributed by atoms with Crippen molar-refractivity contribution in [3.05, 3.63) is 92.6 Å². The maximum atomic E-state index is 11.7. The van der Waals surface area contributed by atoms with Crippen molar-refractivity contribution in [3.8, 4) is 5.75 Å². The van der Waals surface area contributed by atoms with Crippen molar-refractivity contribution in [2.24, 2.45) is 0 Å². The lowest BCUT2D eigenvalue weighted by Gasteiger charge is -2.09. The van der Waals surface area contributed by atoms with Gasteiger partial charge in [0.05, 0.1) is 12.7 Å². The third-order valence-electron chi connectivity index (χ3n) is 3.46. The summed E-state index contributed by atoms with van der Waals surface area (Å²) in [6.45, 7) is 0.901. The van der Waals surface area contributed by atoms with E-state index in [1.807, 2.05) is 30.3 Å². The molecule has 0 aliphatic heterocycles. The van der Waals surface area contributed by atoms with Crippen molar-refractivity contribution in [2.45, 2.75) is 13.2 Å². The van der Waals surface area contributed by atoms with Gasteiger partial charge in [-0.25, -0.2) is 4.98 Å². The first kappa shape index (κ1) is 16.6. The molecule has 3 rings (SSSR count). The molecule has 0 aliphatic rings. The van der Waals surface area contributed by atoms with Gasteiger partial charge < -0.3 is 9.30 Å². The first-order valence-corrected chi connectivity index (χ1v) is 8.04. The van der Waals surface area contributed by atoms with Crippen LogP contribution in [0.5, 0.6) is 5.75 Å². The molecule has 0 spiro atoms. The number of ether oxygens (including phenoxy) is 1. The normalized spacial score (nSPS) is 10.6. The van der Waals surface area contributed by atoms with Gasteiger partial charge in [0, 0.05) is 18.3 Å². The van der Waals surface area contributed by atoms with E-state index in [2.05, 4.69) is 4.98 Å². The maximum absolute atomic E-state index is 11.7. The Morgan fingerprint density at radius 2 is 1.79 bits per heavy atom. The third kappa shape index (κ3) is 4.16. The topological polar surface area (TPSA) is 44.1 Å². The number of nitrogens with zero attached hydrogens (tertiary/aromatic N) is 2. The molecule has 0 radical (unpaired) electrons. The maximum Gasteiger partial charge on any atom is 0.250 e. The summed E-state index contributed by atoms with van der Waals surface area (Å²) in [4.78, 5) is 15.6. The SMILES string of the molecule is O=c1ccccn1Cc1ccc(COc2cc(Cl)ncc2Cl)cc1. The number of rotatable bonds is 5. The van der Waals surface area contributed by atoms with Crippen LogP contribution < -0.4 is 10.3 Å². The molecule has 0 saturated heterocycles. The Labute approximate surface area is 149 Å². The van der Waals surface area contributed by atoms with Crippen LogP contribution in [-0.4, -0.2) is 9.55 Å². The van der Waals surface area contributed by atoms with Gasteiger partial charge >= 0.3 is 0 Å². The highest BCUT2D eigenvalue weighted by Crippen LogP contribution is 2.26. The Bertz CT molecular complexity index is 892. The van der Waals surface area contributed by atoms with E-state index in [0.29, 0.717) is 29.1 Å². The second-order valence-electron chi connectivity index (χ2n) is 5.21. The summed E-state index contributed by atoms with van der Waals surface area (Å²) < 4.78 is 7.33. The van der Waals surface area contributed by atoms with Crippen molar-refractivity contribution in [2.75, 3.05) is 0 Å². The fourth-order valence-electron chi connectivity index (χ4n) is 2.20. The summed E-state index contributed by atoms with van der Waals surface area (Å²) in [7, 11) is 0. The van der Waals surface area contributed by atoms with E-state index in [4.69, 9.17) is 27.9 Å². The lowest BCUT2D eigenvalue weighted by Crippen LogP contribution is -2.18. The van der Waals surface area contributed by atoms with E-state index in [-0.39, 0.29) is 5.56 Å². The van der Waals surface area contributed by atoms with Crippen LogP contribution in [-0.2, 0) is 13.2 Å². The van der Waals surface area contributed by atoms with Gasteiger partial charge in [0.2, 0.25) is 0 Å². The summed E-state index contributed by atoms with van der Waals surface area (Å²) in [6.07, 6.45) is 3.23. The van der Waals surface area contributed by atoms with E-state index >= 15 is 0 Å². The average molecular weight is 361 g/mol. The highest BCUT2D eigenvalue weighted by Gasteiger charge is 2.04. The van der Waals surface area contributed by atoms with Crippen LogP contribution >= 0.6 is 23.2 Å². The van der Waals surface area contributed by atoms with Crippen LogP contribution in [0, 0.1) is 0 Å². The summed E-state index contributed by atoms with van der Waals surface area (Å²) in [6, 6.07) is 14.6. The standard InChI is InChI=1S/C18H14Cl2N2O2/c19-15-10-21-17(20)9-16(15)24-12-14-6-4-13(5-7-14)11-22-8-2-1-3-18(22)23/h1-10H,11-12H2. The Morgan fingerprint density at radius 3 is 2.54 bits per heavy atom. The van der Waals surface area contributed by atoms with Crippen molar-refractivity contribution in [1.29, 1.82) is 0 Å². The third-order valence-corrected chi connectivity index (χ3v) is 3.95. The smallest absolute Gasteiger partial charge is 0.250 e. The fraction of sp³-hybridized carbons (Fsp3) is 0.111. The molecule has 6 heteroatoms. The van der Waals surface area contributed by atoms with E-state index in [0.717, 1.165) is 11.1 Å². The molecule has 3 aromatic rings. The molecule has 2 heterocycles. The van der Waals surface area contributed by atoms with Crippen molar-refractivity contribution in [3.63, 3.8) is 0 Å². The van der Waals surface area contributed by atoms with Crippen LogP contribution in [0.4, 0.5) is 0 Å². The molecular weight excluding hydrogens is 347 g/mol. The number of hydrogen-bond acceptors (Lipinski definition) is 3. The van der Waals surface area contributed by atoms with Gasteiger partial charge in [0.15, 0.2) is 0 Å². The Kier molecular flexibility index (Phi) is 5.18. The summed E-state index contributed by atoms with van der Waals surface area (Å²) in [5, 5.41) is 0.748. The van der Waals surface area contributed by atoms with Crippen LogP contribution in [0.1, 0.15) is 11.1 Å². The molecule has 0 N–H and O–H groups in total. The first-order valence-electron chi connectivity index (χ1n) is 7.29. The Balaban J connectivity index is 1.65. The minimum atomic E-state index is -0.0193. The zero-order valence-corrected chi connectivity index (χ0v) is 14.2. The summed E-state index contributed by atoms with van der Waals surface area (Å²) in [5.74, 6) is 0.497. The predicted molar refractivity (Wildman–Crippen MR) is 94.8 cm³/mol. The molecular formula is C18H14Cl2N2O2. The van der Waals surface area contributed by atoms with Crippen molar-refractivity contribution in [1.82, 2.24) is 9.55 Å². The van der Waals surface area contributed by atoms with E-state index in [1.165, 1.54) is 6.20 Å².